The van der Waals surface area contributed by atoms with E-state index in [0.29, 0.717) is 0 Å². The number of nitrogens with two attached hydrogens (primary N) is 1. The molecule has 0 aliphatic rings. The first kappa shape index (κ1) is 19.6. The topological polar surface area (TPSA) is 156 Å². The number of H-pyrrole nitrogens is 1. The molecule has 1 atom stereocenters. The lowest BCUT2D eigenvalue weighted by molar-refractivity contribution is 0.0996. The minimum absolute atomic E-state index is 0.0740. The van der Waals surface area contributed by atoms with Crippen LogP contribution in [-0.4, -0.2) is 39.6 Å². The van der Waals surface area contributed by atoms with E-state index in [1.165, 1.54) is 25.5 Å². The molecule has 2 aromatic heterocycles. The number of hydrogen-bond donors (Lipinski definition) is 3. The fraction of sp³-hybridized carbons (Fsp3) is 0.176. The molecule has 3 rings (SSSR count). The summed E-state index contributed by atoms with van der Waals surface area (Å²) in [4.78, 5) is 35.4. The summed E-state index contributed by atoms with van der Waals surface area (Å²) in [6, 6.07) is 2.07. The van der Waals surface area contributed by atoms with Crippen LogP contribution >= 0.6 is 0 Å². The second-order valence-corrected chi connectivity index (χ2v) is 7.55. The van der Waals surface area contributed by atoms with Gasteiger partial charge in [-0.15, -0.1) is 0 Å². The number of nitrogens with zero attached hydrogens (tertiary/aromatic N) is 2. The Labute approximate surface area is 158 Å². The van der Waals surface area contributed by atoms with Crippen molar-refractivity contribution in [2.45, 2.75) is 18.6 Å². The Balaban J connectivity index is 2.32. The van der Waals surface area contributed by atoms with Crippen molar-refractivity contribution in [1.29, 1.82) is 0 Å². The molecule has 3 aromatic rings. The van der Waals surface area contributed by atoms with Crippen molar-refractivity contribution in [1.82, 2.24) is 15.0 Å². The van der Waals surface area contributed by atoms with Gasteiger partial charge in [0.15, 0.2) is 11.4 Å². The highest BCUT2D eigenvalue weighted by atomic mass is 32.2. The number of ketones is 1. The van der Waals surface area contributed by atoms with Crippen molar-refractivity contribution >= 4 is 33.0 Å². The number of primary amides is 1. The molecule has 0 saturated carbocycles. The predicted molar refractivity (Wildman–Crippen MR) is 96.8 cm³/mol. The average molecular weight is 406 g/mol. The van der Waals surface area contributed by atoms with Crippen molar-refractivity contribution in [2.24, 2.45) is 5.73 Å². The second-order valence-electron chi connectivity index (χ2n) is 5.95. The van der Waals surface area contributed by atoms with Gasteiger partial charge < -0.3 is 10.7 Å². The molecule has 2 heterocycles. The Morgan fingerprint density at radius 1 is 1.25 bits per heavy atom. The fourth-order valence-electron chi connectivity index (χ4n) is 3.03. The summed E-state index contributed by atoms with van der Waals surface area (Å²) in [6.45, 7) is 1.45. The van der Waals surface area contributed by atoms with Crippen LogP contribution in [-0.2, 0) is 10.1 Å². The molecule has 1 amide bonds. The molecule has 0 aliphatic heterocycles. The van der Waals surface area contributed by atoms with Gasteiger partial charge in [-0.3, -0.25) is 19.1 Å². The summed E-state index contributed by atoms with van der Waals surface area (Å²) in [7, 11) is -4.66. The molecule has 11 heteroatoms. The van der Waals surface area contributed by atoms with Gasteiger partial charge in [0.2, 0.25) is 0 Å². The van der Waals surface area contributed by atoms with Crippen LogP contribution in [0.4, 0.5) is 4.39 Å². The van der Waals surface area contributed by atoms with E-state index in [1.807, 2.05) is 0 Å². The fourth-order valence-corrected chi connectivity index (χ4v) is 3.97. The summed E-state index contributed by atoms with van der Waals surface area (Å²) in [5, 5.41) is -1.57. The molecule has 0 aliphatic carbocycles. The van der Waals surface area contributed by atoms with Gasteiger partial charge in [0.1, 0.15) is 16.6 Å². The SMILES string of the molecule is CCC(c1ccc(C(N)=O)c(F)c1C(=O)c1c[nH]c2nccnc12)S(=O)(=O)O. The van der Waals surface area contributed by atoms with Crippen LogP contribution in [0.2, 0.25) is 0 Å². The van der Waals surface area contributed by atoms with E-state index in [-0.39, 0.29) is 28.7 Å². The number of hydrogen-bond acceptors (Lipinski definition) is 6. The van der Waals surface area contributed by atoms with Crippen LogP contribution in [0.25, 0.3) is 11.2 Å². The molecule has 9 nitrogen and oxygen atoms in total. The van der Waals surface area contributed by atoms with Gasteiger partial charge in [0.05, 0.1) is 16.7 Å². The molecule has 0 saturated heterocycles. The quantitative estimate of drug-likeness (QED) is 0.416. The zero-order valence-corrected chi connectivity index (χ0v) is 15.3. The highest BCUT2D eigenvalue weighted by molar-refractivity contribution is 7.86. The third-order valence-corrected chi connectivity index (χ3v) is 5.60. The number of halogens is 1. The maximum atomic E-state index is 15.1. The van der Waals surface area contributed by atoms with Crippen LogP contribution < -0.4 is 5.73 Å². The van der Waals surface area contributed by atoms with E-state index in [0.717, 1.165) is 12.1 Å². The first-order chi connectivity index (χ1) is 13.2. The molecule has 0 fully saturated rings. The number of amides is 1. The summed E-state index contributed by atoms with van der Waals surface area (Å²) in [5.74, 6) is -3.32. The lowest BCUT2D eigenvalue weighted by atomic mass is 9.93. The van der Waals surface area contributed by atoms with Gasteiger partial charge in [-0.1, -0.05) is 13.0 Å². The van der Waals surface area contributed by atoms with Crippen LogP contribution in [0.1, 0.15) is 50.4 Å². The number of aromatic amines is 1. The van der Waals surface area contributed by atoms with Crippen molar-refractivity contribution in [3.63, 3.8) is 0 Å². The largest absolute Gasteiger partial charge is 0.366 e. The number of carbonyl (C=O) groups excluding carboxylic acids is 2. The van der Waals surface area contributed by atoms with E-state index in [4.69, 9.17) is 5.73 Å². The number of aromatic nitrogens is 3. The zero-order chi connectivity index (χ0) is 20.6. The van der Waals surface area contributed by atoms with E-state index in [1.54, 1.807) is 0 Å². The summed E-state index contributed by atoms with van der Waals surface area (Å²) in [5.41, 5.74) is 3.95. The monoisotopic (exact) mass is 406 g/mol. The molecule has 0 bridgehead atoms. The lowest BCUT2D eigenvalue weighted by Gasteiger charge is -2.17. The van der Waals surface area contributed by atoms with Gasteiger partial charge >= 0.3 is 0 Å². The van der Waals surface area contributed by atoms with Crippen molar-refractivity contribution < 1.29 is 27.0 Å². The summed E-state index contributed by atoms with van der Waals surface area (Å²) in [6.07, 6.45) is 3.83. The molecular weight excluding hydrogens is 391 g/mol. The molecule has 1 unspecified atom stereocenters. The Hall–Kier alpha value is -3.18. The average Bonchev–Trinajstić information content (AvgIpc) is 3.04. The highest BCUT2D eigenvalue weighted by Crippen LogP contribution is 2.33. The maximum absolute atomic E-state index is 15.1. The highest BCUT2D eigenvalue weighted by Gasteiger charge is 2.33. The van der Waals surface area contributed by atoms with Crippen LogP contribution in [0, 0.1) is 5.82 Å². The van der Waals surface area contributed by atoms with Gasteiger partial charge in [0, 0.05) is 18.6 Å². The smallest absolute Gasteiger partial charge is 0.272 e. The number of benzene rings is 1. The van der Waals surface area contributed by atoms with Gasteiger partial charge in [-0.2, -0.15) is 8.42 Å². The zero-order valence-electron chi connectivity index (χ0n) is 14.5. The molecule has 4 N–H and O–H groups in total. The van der Waals surface area contributed by atoms with Crippen molar-refractivity contribution in [3.8, 4) is 0 Å². The Bertz CT molecular complexity index is 1210. The first-order valence-corrected chi connectivity index (χ1v) is 9.58. The minimum atomic E-state index is -4.66. The number of rotatable bonds is 6. The van der Waals surface area contributed by atoms with Crippen molar-refractivity contribution in [3.05, 3.63) is 58.8 Å². The van der Waals surface area contributed by atoms with Crippen LogP contribution in [0.15, 0.2) is 30.7 Å². The van der Waals surface area contributed by atoms with Gasteiger partial charge in [0.25, 0.3) is 16.0 Å². The predicted octanol–water partition coefficient (Wildman–Crippen LogP) is 1.77. The summed E-state index contributed by atoms with van der Waals surface area (Å²) >= 11 is 0. The van der Waals surface area contributed by atoms with E-state index < -0.39 is 44.0 Å². The second kappa shape index (κ2) is 7.09. The Kier molecular flexibility index (Phi) is 4.96. The molecule has 146 valence electrons. The van der Waals surface area contributed by atoms with Crippen LogP contribution in [0.5, 0.6) is 0 Å². The van der Waals surface area contributed by atoms with Crippen molar-refractivity contribution in [2.75, 3.05) is 0 Å². The maximum Gasteiger partial charge on any atom is 0.272 e. The normalized spacial score (nSPS) is 12.8. The van der Waals surface area contributed by atoms with Crippen LogP contribution in [0.3, 0.4) is 0 Å². The summed E-state index contributed by atoms with van der Waals surface area (Å²) < 4.78 is 48.1. The molecular formula is C17H15FN4O5S. The van der Waals surface area contributed by atoms with Gasteiger partial charge in [-0.05, 0) is 18.1 Å². The van der Waals surface area contributed by atoms with E-state index in [2.05, 4.69) is 15.0 Å². The van der Waals surface area contributed by atoms with E-state index in [9.17, 15) is 22.6 Å². The Morgan fingerprint density at radius 3 is 2.54 bits per heavy atom. The number of fused-ring (bicyclic) bond motifs is 1. The molecule has 0 radical (unpaired) electrons. The Morgan fingerprint density at radius 2 is 1.93 bits per heavy atom. The number of nitrogens with one attached hydrogen (secondary N) is 1. The molecule has 0 spiro atoms. The third-order valence-electron chi connectivity index (χ3n) is 4.30. The minimum Gasteiger partial charge on any atom is -0.366 e. The van der Waals surface area contributed by atoms with Gasteiger partial charge in [-0.25, -0.2) is 9.37 Å². The molecule has 1 aromatic carbocycles. The first-order valence-electron chi connectivity index (χ1n) is 8.08. The standard InChI is InChI=1S/C17H15FN4O5S/c1-2-11(28(25,26)27)8-3-4-9(16(19)24)13(18)12(8)15(23)10-7-22-17-14(10)20-5-6-21-17/h3-7,11H,2H2,1H3,(H2,19,24)(H,21,22)(H,25,26,27). The molecule has 28 heavy (non-hydrogen) atoms. The number of carbonyl (C=O) groups is 2. The lowest BCUT2D eigenvalue weighted by Crippen LogP contribution is -2.21. The third kappa shape index (κ3) is 3.25. The van der Waals surface area contributed by atoms with E-state index >= 15 is 4.39 Å².